The number of fused-ring (bicyclic) bond motifs is 1. The molecule has 0 saturated heterocycles. The predicted octanol–water partition coefficient (Wildman–Crippen LogP) is 1.88. The Labute approximate surface area is 159 Å². The van der Waals surface area contributed by atoms with E-state index < -0.39 is 6.04 Å². The number of benzene rings is 1. The molecule has 0 bridgehead atoms. The monoisotopic (exact) mass is 378 g/mol. The Balaban J connectivity index is 0.00000243. The van der Waals surface area contributed by atoms with E-state index in [-0.39, 0.29) is 36.2 Å². The van der Waals surface area contributed by atoms with Crippen LogP contribution in [-0.4, -0.2) is 35.9 Å². The first-order valence-corrected chi connectivity index (χ1v) is 8.90. The van der Waals surface area contributed by atoms with Crippen LogP contribution < -0.4 is 16.4 Å². The van der Waals surface area contributed by atoms with Gasteiger partial charge in [0.05, 0.1) is 0 Å². The summed E-state index contributed by atoms with van der Waals surface area (Å²) >= 11 is 0. The van der Waals surface area contributed by atoms with Crippen LogP contribution in [0.4, 0.5) is 0 Å². The molecule has 0 aliphatic heterocycles. The largest absolute Gasteiger partial charge is 0.361 e. The first-order valence-electron chi connectivity index (χ1n) is 8.90. The summed E-state index contributed by atoms with van der Waals surface area (Å²) in [6.45, 7) is 0. The summed E-state index contributed by atoms with van der Waals surface area (Å²) in [5.74, 6) is -0.0661. The molecule has 0 radical (unpaired) electrons. The van der Waals surface area contributed by atoms with E-state index in [1.54, 1.807) is 7.05 Å². The van der Waals surface area contributed by atoms with Crippen LogP contribution in [0.1, 0.15) is 31.2 Å². The highest BCUT2D eigenvalue weighted by atomic mass is 35.5. The number of hydrogen-bond donors (Lipinski definition) is 4. The maximum absolute atomic E-state index is 12.4. The number of halogens is 1. The van der Waals surface area contributed by atoms with Gasteiger partial charge in [0, 0.05) is 43.0 Å². The summed E-state index contributed by atoms with van der Waals surface area (Å²) < 4.78 is 0. The molecule has 1 aromatic heterocycles. The molecule has 2 amide bonds. The summed E-state index contributed by atoms with van der Waals surface area (Å²) in [6, 6.07) is 7.45. The smallest absolute Gasteiger partial charge is 0.242 e. The first-order chi connectivity index (χ1) is 12.1. The van der Waals surface area contributed by atoms with Gasteiger partial charge in [0.1, 0.15) is 6.04 Å². The molecule has 1 fully saturated rings. The van der Waals surface area contributed by atoms with E-state index in [0.717, 1.165) is 35.7 Å². The van der Waals surface area contributed by atoms with Gasteiger partial charge in [-0.05, 0) is 30.4 Å². The van der Waals surface area contributed by atoms with Gasteiger partial charge in [-0.25, -0.2) is 0 Å². The normalized spacial score (nSPS) is 20.4. The summed E-state index contributed by atoms with van der Waals surface area (Å²) in [4.78, 5) is 27.9. The fraction of sp³-hybridized carbons (Fsp3) is 0.474. The van der Waals surface area contributed by atoms with E-state index in [1.165, 1.54) is 0 Å². The van der Waals surface area contributed by atoms with Crippen molar-refractivity contribution in [2.45, 2.75) is 44.2 Å². The molecule has 0 spiro atoms. The highest BCUT2D eigenvalue weighted by molar-refractivity contribution is 5.89. The van der Waals surface area contributed by atoms with E-state index >= 15 is 0 Å². The molecular formula is C19H27ClN4O2. The lowest BCUT2D eigenvalue weighted by Gasteiger charge is -2.20. The van der Waals surface area contributed by atoms with E-state index in [0.29, 0.717) is 12.8 Å². The summed E-state index contributed by atoms with van der Waals surface area (Å²) in [6.07, 6.45) is 5.79. The summed E-state index contributed by atoms with van der Waals surface area (Å²) in [5.41, 5.74) is 8.09. The molecular weight excluding hydrogens is 352 g/mol. The van der Waals surface area contributed by atoms with Crippen molar-refractivity contribution in [1.82, 2.24) is 15.6 Å². The van der Waals surface area contributed by atoms with Crippen molar-refractivity contribution in [2.75, 3.05) is 7.05 Å². The molecule has 1 aromatic carbocycles. The zero-order valence-corrected chi connectivity index (χ0v) is 15.8. The van der Waals surface area contributed by atoms with Crippen LogP contribution in [0.15, 0.2) is 30.5 Å². The highest BCUT2D eigenvalue weighted by Crippen LogP contribution is 2.26. The number of nitrogens with one attached hydrogen (secondary N) is 3. The number of amides is 2. The average Bonchev–Trinajstić information content (AvgIpc) is 3.20. The van der Waals surface area contributed by atoms with Gasteiger partial charge in [0.15, 0.2) is 0 Å². The molecule has 2 aromatic rings. The molecule has 1 heterocycles. The maximum atomic E-state index is 12.4. The minimum absolute atomic E-state index is 0. The van der Waals surface area contributed by atoms with Crippen LogP contribution in [0.3, 0.4) is 0 Å². The predicted molar refractivity (Wildman–Crippen MR) is 105 cm³/mol. The zero-order valence-electron chi connectivity index (χ0n) is 15.0. The van der Waals surface area contributed by atoms with Gasteiger partial charge in [0.2, 0.25) is 11.8 Å². The van der Waals surface area contributed by atoms with Gasteiger partial charge in [-0.2, -0.15) is 0 Å². The van der Waals surface area contributed by atoms with Gasteiger partial charge in [-0.15, -0.1) is 12.4 Å². The third kappa shape index (κ3) is 4.56. The minimum Gasteiger partial charge on any atom is -0.361 e. The van der Waals surface area contributed by atoms with Crippen LogP contribution in [0.25, 0.3) is 10.9 Å². The number of carbonyl (C=O) groups excluding carboxylic acids is 2. The standard InChI is InChI=1S/C19H26N4O2.ClH/c1-21-19(25)17(23-18(24)10-12-5-4-7-15(12)20)9-13-11-22-16-8-3-2-6-14(13)16;/h2-3,6,8,11-12,15,17,22H,4-5,7,9-10,20H2,1H3,(H,21,25)(H,23,24);1H/t12-,15+,17-;/m0./s1. The van der Waals surface area contributed by atoms with Crippen molar-refractivity contribution in [1.29, 1.82) is 0 Å². The number of carbonyl (C=O) groups is 2. The second-order valence-electron chi connectivity index (χ2n) is 6.86. The van der Waals surface area contributed by atoms with Crippen molar-refractivity contribution in [2.24, 2.45) is 11.7 Å². The number of aromatic nitrogens is 1. The number of H-pyrrole nitrogens is 1. The van der Waals surface area contributed by atoms with Crippen molar-refractivity contribution in [3.8, 4) is 0 Å². The lowest BCUT2D eigenvalue weighted by Crippen LogP contribution is -2.47. The fourth-order valence-corrected chi connectivity index (χ4v) is 3.71. The first kappa shape index (κ1) is 20.3. The molecule has 3 rings (SSSR count). The van der Waals surface area contributed by atoms with Gasteiger partial charge in [0.25, 0.3) is 0 Å². The number of hydrogen-bond acceptors (Lipinski definition) is 3. The molecule has 1 aliphatic carbocycles. The highest BCUT2D eigenvalue weighted by Gasteiger charge is 2.28. The van der Waals surface area contributed by atoms with Crippen LogP contribution in [0, 0.1) is 5.92 Å². The topological polar surface area (TPSA) is 100 Å². The Morgan fingerprint density at radius 1 is 1.31 bits per heavy atom. The molecule has 1 saturated carbocycles. The quantitative estimate of drug-likeness (QED) is 0.617. The number of rotatable bonds is 6. The molecule has 26 heavy (non-hydrogen) atoms. The number of nitrogens with two attached hydrogens (primary N) is 1. The molecule has 142 valence electrons. The molecule has 7 heteroatoms. The third-order valence-corrected chi connectivity index (χ3v) is 5.16. The zero-order chi connectivity index (χ0) is 17.8. The Morgan fingerprint density at radius 2 is 2.08 bits per heavy atom. The molecule has 0 unspecified atom stereocenters. The van der Waals surface area contributed by atoms with Crippen LogP contribution >= 0.6 is 12.4 Å². The van der Waals surface area contributed by atoms with Crippen molar-refractivity contribution < 1.29 is 9.59 Å². The molecule has 1 aliphatic rings. The van der Waals surface area contributed by atoms with E-state index in [2.05, 4.69) is 15.6 Å². The fourth-order valence-electron chi connectivity index (χ4n) is 3.71. The van der Waals surface area contributed by atoms with Crippen molar-refractivity contribution >= 4 is 35.1 Å². The third-order valence-electron chi connectivity index (χ3n) is 5.16. The lowest BCUT2D eigenvalue weighted by molar-refractivity contribution is -0.129. The lowest BCUT2D eigenvalue weighted by atomic mass is 9.99. The maximum Gasteiger partial charge on any atom is 0.242 e. The van der Waals surface area contributed by atoms with E-state index in [4.69, 9.17) is 5.73 Å². The van der Waals surface area contributed by atoms with Gasteiger partial charge >= 0.3 is 0 Å². The van der Waals surface area contributed by atoms with Crippen molar-refractivity contribution in [3.05, 3.63) is 36.0 Å². The van der Waals surface area contributed by atoms with Gasteiger partial charge < -0.3 is 21.4 Å². The second-order valence-corrected chi connectivity index (χ2v) is 6.86. The minimum atomic E-state index is -0.589. The number of aromatic amines is 1. The molecule has 3 atom stereocenters. The van der Waals surface area contributed by atoms with Crippen LogP contribution in [0.2, 0.25) is 0 Å². The number of para-hydroxylation sites is 1. The Bertz CT molecular complexity index is 761. The second kappa shape index (κ2) is 9.05. The molecule has 6 nitrogen and oxygen atoms in total. The average molecular weight is 379 g/mol. The SMILES string of the molecule is CNC(=O)[C@H](Cc1c[nH]c2ccccc12)NC(=O)C[C@@H]1CCC[C@H]1N.Cl. The molecule has 5 N–H and O–H groups in total. The van der Waals surface area contributed by atoms with E-state index in [9.17, 15) is 9.59 Å². The van der Waals surface area contributed by atoms with Crippen molar-refractivity contribution in [3.63, 3.8) is 0 Å². The Kier molecular flexibility index (Phi) is 7.06. The van der Waals surface area contributed by atoms with Gasteiger partial charge in [-0.3, -0.25) is 9.59 Å². The number of likely N-dealkylation sites (N-methyl/N-ethyl adjacent to an activating group) is 1. The van der Waals surface area contributed by atoms with Crippen LogP contribution in [-0.2, 0) is 16.0 Å². The summed E-state index contributed by atoms with van der Waals surface area (Å²) in [7, 11) is 1.59. The van der Waals surface area contributed by atoms with E-state index in [1.807, 2.05) is 30.5 Å². The van der Waals surface area contributed by atoms with Crippen LogP contribution in [0.5, 0.6) is 0 Å². The summed E-state index contributed by atoms with van der Waals surface area (Å²) in [5, 5.41) is 6.62. The Hall–Kier alpha value is -2.05. The van der Waals surface area contributed by atoms with Gasteiger partial charge in [-0.1, -0.05) is 24.6 Å². The Morgan fingerprint density at radius 3 is 2.77 bits per heavy atom.